The third kappa shape index (κ3) is 3.18. The Kier molecular flexibility index (Phi) is 4.19. The van der Waals surface area contributed by atoms with E-state index in [1.54, 1.807) is 0 Å². The second kappa shape index (κ2) is 4.84. The fraction of sp³-hybridized carbons (Fsp3) is 1.00. The molecule has 0 spiro atoms. The maximum Gasteiger partial charge on any atom is 0.0693 e. The summed E-state index contributed by atoms with van der Waals surface area (Å²) in [5.41, 5.74) is 0.497. The summed E-state index contributed by atoms with van der Waals surface area (Å²) in [6, 6.07) is 0.558. The van der Waals surface area contributed by atoms with Gasteiger partial charge in [0.2, 0.25) is 0 Å². The number of methoxy groups -OCH3 is 1. The Morgan fingerprint density at radius 3 is 2.20 bits per heavy atom. The lowest BCUT2D eigenvalue weighted by atomic mass is 9.71. The Balaban J connectivity index is 2.57. The van der Waals surface area contributed by atoms with Crippen LogP contribution < -0.4 is 5.32 Å². The van der Waals surface area contributed by atoms with Crippen molar-refractivity contribution in [3.05, 3.63) is 0 Å². The van der Waals surface area contributed by atoms with Crippen LogP contribution >= 0.6 is 0 Å². The van der Waals surface area contributed by atoms with Gasteiger partial charge in [-0.25, -0.2) is 0 Å². The monoisotopic (exact) mass is 213 g/mol. The quantitative estimate of drug-likeness (QED) is 0.758. The van der Waals surface area contributed by atoms with Crippen LogP contribution in [0.3, 0.4) is 0 Å². The van der Waals surface area contributed by atoms with E-state index in [9.17, 15) is 0 Å². The molecule has 90 valence electrons. The first-order chi connectivity index (χ1) is 6.93. The fourth-order valence-electron chi connectivity index (χ4n) is 2.37. The summed E-state index contributed by atoms with van der Waals surface area (Å²) in [6.45, 7) is 10.1. The van der Waals surface area contributed by atoms with Crippen LogP contribution in [0.2, 0.25) is 0 Å². The number of rotatable bonds is 5. The summed E-state index contributed by atoms with van der Waals surface area (Å²) in [5.74, 6) is 0. The van der Waals surface area contributed by atoms with Crippen LogP contribution in [0.4, 0.5) is 0 Å². The minimum Gasteiger partial charge on any atom is -0.378 e. The summed E-state index contributed by atoms with van der Waals surface area (Å²) in [7, 11) is 1.87. The lowest BCUT2D eigenvalue weighted by Gasteiger charge is -2.46. The van der Waals surface area contributed by atoms with Gasteiger partial charge in [-0.3, -0.25) is 0 Å². The van der Waals surface area contributed by atoms with E-state index >= 15 is 0 Å². The molecule has 0 aromatic carbocycles. The molecule has 15 heavy (non-hydrogen) atoms. The van der Waals surface area contributed by atoms with Gasteiger partial charge in [0.15, 0.2) is 0 Å². The highest BCUT2D eigenvalue weighted by Crippen LogP contribution is 2.41. The highest BCUT2D eigenvalue weighted by Gasteiger charge is 2.41. The molecule has 1 rings (SSSR count). The molecule has 0 aliphatic heterocycles. The van der Waals surface area contributed by atoms with Gasteiger partial charge in [-0.2, -0.15) is 0 Å². The lowest BCUT2D eigenvalue weighted by molar-refractivity contribution is -0.0900. The molecule has 1 aliphatic rings. The van der Waals surface area contributed by atoms with Gasteiger partial charge < -0.3 is 10.1 Å². The number of hydrogen-bond acceptors (Lipinski definition) is 2. The van der Waals surface area contributed by atoms with Gasteiger partial charge in [0.25, 0.3) is 0 Å². The molecule has 1 unspecified atom stereocenters. The number of nitrogens with one attached hydrogen (secondary N) is 1. The third-order valence-corrected chi connectivity index (χ3v) is 3.77. The minimum atomic E-state index is 0.181. The van der Waals surface area contributed by atoms with Crippen molar-refractivity contribution < 1.29 is 4.74 Å². The fourth-order valence-corrected chi connectivity index (χ4v) is 2.37. The largest absolute Gasteiger partial charge is 0.378 e. The van der Waals surface area contributed by atoms with Crippen LogP contribution in [0, 0.1) is 5.41 Å². The van der Waals surface area contributed by atoms with Crippen molar-refractivity contribution in [2.45, 2.75) is 65.0 Å². The molecule has 0 saturated heterocycles. The zero-order valence-corrected chi connectivity index (χ0v) is 11.0. The molecule has 1 aliphatic carbocycles. The molecule has 0 aromatic rings. The Labute approximate surface area is 94.8 Å². The smallest absolute Gasteiger partial charge is 0.0693 e. The zero-order chi connectivity index (χ0) is 11.5. The number of hydrogen-bond donors (Lipinski definition) is 1. The van der Waals surface area contributed by atoms with Crippen LogP contribution in [0.5, 0.6) is 0 Å². The number of ether oxygens (including phenoxy) is 1. The topological polar surface area (TPSA) is 21.3 Å². The summed E-state index contributed by atoms with van der Waals surface area (Å²) < 4.78 is 5.71. The molecule has 0 amide bonds. The maximum absolute atomic E-state index is 5.71. The van der Waals surface area contributed by atoms with E-state index in [-0.39, 0.29) is 5.60 Å². The standard InChI is InChI=1S/C13H27NO/c1-6-14-11(12(2,3)4)10-13(15-5)8-7-9-13/h11,14H,6-10H2,1-5H3. The third-order valence-electron chi connectivity index (χ3n) is 3.77. The average Bonchev–Trinajstić information content (AvgIpc) is 2.07. The molecular weight excluding hydrogens is 186 g/mol. The van der Waals surface area contributed by atoms with Gasteiger partial charge in [-0.15, -0.1) is 0 Å². The van der Waals surface area contributed by atoms with Crippen LogP contribution in [-0.4, -0.2) is 25.3 Å². The van der Waals surface area contributed by atoms with E-state index in [1.165, 1.54) is 19.3 Å². The van der Waals surface area contributed by atoms with Crippen molar-refractivity contribution in [2.24, 2.45) is 5.41 Å². The molecule has 1 atom stereocenters. The Morgan fingerprint density at radius 1 is 1.33 bits per heavy atom. The molecule has 0 radical (unpaired) electrons. The van der Waals surface area contributed by atoms with E-state index in [0.717, 1.165) is 13.0 Å². The van der Waals surface area contributed by atoms with Gasteiger partial charge in [0.1, 0.15) is 0 Å². The van der Waals surface area contributed by atoms with E-state index in [1.807, 2.05) is 7.11 Å². The van der Waals surface area contributed by atoms with Crippen LogP contribution in [0.25, 0.3) is 0 Å². The van der Waals surface area contributed by atoms with Gasteiger partial charge in [0, 0.05) is 13.2 Å². The zero-order valence-electron chi connectivity index (χ0n) is 11.0. The van der Waals surface area contributed by atoms with E-state index in [2.05, 4.69) is 33.0 Å². The van der Waals surface area contributed by atoms with Gasteiger partial charge in [0.05, 0.1) is 5.60 Å². The summed E-state index contributed by atoms with van der Waals surface area (Å²) in [5, 5.41) is 3.60. The molecule has 1 fully saturated rings. The second-order valence-electron chi connectivity index (χ2n) is 5.92. The average molecular weight is 213 g/mol. The first-order valence-electron chi connectivity index (χ1n) is 6.22. The minimum absolute atomic E-state index is 0.181. The molecule has 2 heteroatoms. The normalized spacial score (nSPS) is 22.2. The van der Waals surface area contributed by atoms with Crippen molar-refractivity contribution in [2.75, 3.05) is 13.7 Å². The highest BCUT2D eigenvalue weighted by atomic mass is 16.5. The molecule has 0 aromatic heterocycles. The van der Waals surface area contributed by atoms with Crippen molar-refractivity contribution in [3.63, 3.8) is 0 Å². The van der Waals surface area contributed by atoms with E-state index in [0.29, 0.717) is 11.5 Å². The van der Waals surface area contributed by atoms with Gasteiger partial charge in [-0.05, 0) is 37.6 Å². The van der Waals surface area contributed by atoms with Crippen molar-refractivity contribution in [1.82, 2.24) is 5.32 Å². The Hall–Kier alpha value is -0.0800. The lowest BCUT2D eigenvalue weighted by Crippen LogP contribution is -2.50. The van der Waals surface area contributed by atoms with Gasteiger partial charge in [-0.1, -0.05) is 27.7 Å². The van der Waals surface area contributed by atoms with E-state index < -0.39 is 0 Å². The summed E-state index contributed by atoms with van der Waals surface area (Å²) >= 11 is 0. The second-order valence-corrected chi connectivity index (χ2v) is 5.92. The molecule has 2 nitrogen and oxygen atoms in total. The van der Waals surface area contributed by atoms with Crippen LogP contribution in [0.15, 0.2) is 0 Å². The predicted octanol–water partition coefficient (Wildman–Crippen LogP) is 2.97. The SMILES string of the molecule is CCNC(CC1(OC)CCC1)C(C)(C)C. The van der Waals surface area contributed by atoms with Crippen molar-refractivity contribution in [1.29, 1.82) is 0 Å². The van der Waals surface area contributed by atoms with E-state index in [4.69, 9.17) is 4.74 Å². The molecule has 0 heterocycles. The predicted molar refractivity (Wildman–Crippen MR) is 65.1 cm³/mol. The summed E-state index contributed by atoms with van der Waals surface area (Å²) in [6.07, 6.45) is 4.96. The maximum atomic E-state index is 5.71. The van der Waals surface area contributed by atoms with Gasteiger partial charge >= 0.3 is 0 Å². The molecular formula is C13H27NO. The van der Waals surface area contributed by atoms with Crippen molar-refractivity contribution in [3.8, 4) is 0 Å². The Bertz CT molecular complexity index is 186. The van der Waals surface area contributed by atoms with Crippen LogP contribution in [0.1, 0.15) is 53.4 Å². The Morgan fingerprint density at radius 2 is 1.93 bits per heavy atom. The van der Waals surface area contributed by atoms with Crippen molar-refractivity contribution >= 4 is 0 Å². The summed E-state index contributed by atoms with van der Waals surface area (Å²) in [4.78, 5) is 0. The highest BCUT2D eigenvalue weighted by molar-refractivity contribution is 4.96. The molecule has 1 saturated carbocycles. The first-order valence-corrected chi connectivity index (χ1v) is 6.22. The first kappa shape index (κ1) is 13.0. The molecule has 0 bridgehead atoms. The van der Waals surface area contributed by atoms with Crippen LogP contribution in [-0.2, 0) is 4.74 Å². The molecule has 1 N–H and O–H groups in total.